The van der Waals surface area contributed by atoms with Gasteiger partial charge in [-0.2, -0.15) is 0 Å². The summed E-state index contributed by atoms with van der Waals surface area (Å²) in [4.78, 5) is 2.50. The molecule has 1 aliphatic rings. The lowest BCUT2D eigenvalue weighted by molar-refractivity contribution is 0.240. The predicted molar refractivity (Wildman–Crippen MR) is 90.9 cm³/mol. The van der Waals surface area contributed by atoms with E-state index in [9.17, 15) is 0 Å². The van der Waals surface area contributed by atoms with Gasteiger partial charge in [-0.15, -0.1) is 0 Å². The van der Waals surface area contributed by atoms with Crippen LogP contribution < -0.4 is 15.4 Å². The number of ether oxygens (including phenoxy) is 1. The van der Waals surface area contributed by atoms with Crippen molar-refractivity contribution >= 4 is 15.9 Å². The normalized spacial score (nSPS) is 16.4. The Hall–Kier alpha value is -0.620. The molecule has 0 aliphatic carbocycles. The molecule has 0 aromatic heterocycles. The molecule has 1 heterocycles. The summed E-state index contributed by atoms with van der Waals surface area (Å²) in [6, 6.07) is 6.30. The highest BCUT2D eigenvalue weighted by Crippen LogP contribution is 2.26. The van der Waals surface area contributed by atoms with Crippen molar-refractivity contribution in [3.8, 4) is 5.75 Å². The molecule has 0 spiro atoms. The molecule has 2 rings (SSSR count). The Balaban J connectivity index is 1.71. The largest absolute Gasteiger partial charge is 0.490 e. The summed E-state index contributed by atoms with van der Waals surface area (Å²) in [7, 11) is 0. The Kier molecular flexibility index (Phi) is 6.96. The lowest BCUT2D eigenvalue weighted by atomic mass is 10.2. The van der Waals surface area contributed by atoms with Gasteiger partial charge in [0.05, 0.1) is 10.6 Å². The first-order valence-corrected chi connectivity index (χ1v) is 8.53. The van der Waals surface area contributed by atoms with Gasteiger partial charge in [0, 0.05) is 45.8 Å². The number of nitrogens with zero attached hydrogens (tertiary/aromatic N) is 1. The van der Waals surface area contributed by atoms with E-state index in [4.69, 9.17) is 4.74 Å². The topological polar surface area (TPSA) is 36.5 Å². The van der Waals surface area contributed by atoms with E-state index in [0.29, 0.717) is 0 Å². The van der Waals surface area contributed by atoms with Crippen LogP contribution in [-0.2, 0) is 6.54 Å². The second-order valence-electron chi connectivity index (χ2n) is 5.70. The van der Waals surface area contributed by atoms with Gasteiger partial charge in [-0.25, -0.2) is 0 Å². The summed E-state index contributed by atoms with van der Waals surface area (Å²) in [5.41, 5.74) is 1.28. The molecule has 0 unspecified atom stereocenters. The number of nitrogens with one attached hydrogen (secondary N) is 2. The summed E-state index contributed by atoms with van der Waals surface area (Å²) in [6.07, 6.45) is 0.198. The fourth-order valence-electron chi connectivity index (χ4n) is 2.41. The van der Waals surface area contributed by atoms with Gasteiger partial charge in [-0.1, -0.05) is 6.07 Å². The number of hydrogen-bond acceptors (Lipinski definition) is 4. The minimum atomic E-state index is 0.198. The average molecular weight is 356 g/mol. The van der Waals surface area contributed by atoms with Crippen molar-refractivity contribution in [2.24, 2.45) is 0 Å². The summed E-state index contributed by atoms with van der Waals surface area (Å²) >= 11 is 3.58. The maximum absolute atomic E-state index is 5.73. The van der Waals surface area contributed by atoms with Gasteiger partial charge in [-0.05, 0) is 47.5 Å². The summed E-state index contributed by atoms with van der Waals surface area (Å²) in [6.45, 7) is 11.7. The number of rotatable bonds is 7. The second kappa shape index (κ2) is 8.73. The average Bonchev–Trinajstić information content (AvgIpc) is 2.47. The minimum absolute atomic E-state index is 0.198. The third kappa shape index (κ3) is 5.94. The second-order valence-corrected chi connectivity index (χ2v) is 6.55. The van der Waals surface area contributed by atoms with Gasteiger partial charge in [0.2, 0.25) is 0 Å². The van der Waals surface area contributed by atoms with E-state index < -0.39 is 0 Å². The van der Waals surface area contributed by atoms with E-state index in [1.807, 2.05) is 19.9 Å². The Bertz CT molecular complexity index is 434. The van der Waals surface area contributed by atoms with Crippen molar-refractivity contribution in [1.82, 2.24) is 15.5 Å². The molecule has 0 radical (unpaired) electrons. The maximum atomic E-state index is 5.73. The molecule has 0 atom stereocenters. The Morgan fingerprint density at radius 1 is 1.33 bits per heavy atom. The van der Waals surface area contributed by atoms with Crippen LogP contribution >= 0.6 is 15.9 Å². The van der Waals surface area contributed by atoms with Crippen molar-refractivity contribution in [3.05, 3.63) is 28.2 Å². The van der Waals surface area contributed by atoms with Gasteiger partial charge in [0.15, 0.2) is 0 Å². The van der Waals surface area contributed by atoms with Crippen LogP contribution in [0.1, 0.15) is 19.4 Å². The number of benzene rings is 1. The molecule has 1 aliphatic heterocycles. The molecule has 118 valence electrons. The minimum Gasteiger partial charge on any atom is -0.490 e. The van der Waals surface area contributed by atoms with Crippen LogP contribution in [0, 0.1) is 0 Å². The smallest absolute Gasteiger partial charge is 0.133 e. The Labute approximate surface area is 136 Å². The highest BCUT2D eigenvalue weighted by atomic mass is 79.9. The van der Waals surface area contributed by atoms with Gasteiger partial charge < -0.3 is 15.4 Å². The molecule has 1 aromatic rings. The van der Waals surface area contributed by atoms with Crippen LogP contribution in [-0.4, -0.2) is 50.3 Å². The summed E-state index contributed by atoms with van der Waals surface area (Å²) < 4.78 is 6.75. The molecule has 4 nitrogen and oxygen atoms in total. The van der Waals surface area contributed by atoms with Crippen molar-refractivity contribution in [3.63, 3.8) is 0 Å². The van der Waals surface area contributed by atoms with Crippen molar-refractivity contribution in [2.75, 3.05) is 39.3 Å². The predicted octanol–water partition coefficient (Wildman–Crippen LogP) is 2.23. The molecule has 1 saturated heterocycles. The molecular weight excluding hydrogens is 330 g/mol. The lowest BCUT2D eigenvalue weighted by Gasteiger charge is -2.27. The lowest BCUT2D eigenvalue weighted by Crippen LogP contribution is -2.45. The van der Waals surface area contributed by atoms with Crippen LogP contribution in [0.5, 0.6) is 5.75 Å². The van der Waals surface area contributed by atoms with E-state index in [1.54, 1.807) is 0 Å². The summed E-state index contributed by atoms with van der Waals surface area (Å²) in [5, 5.41) is 6.89. The van der Waals surface area contributed by atoms with Crippen molar-refractivity contribution < 1.29 is 4.74 Å². The van der Waals surface area contributed by atoms with Crippen LogP contribution in [0.4, 0.5) is 0 Å². The first-order chi connectivity index (χ1) is 10.1. The molecule has 2 N–H and O–H groups in total. The number of halogens is 1. The first-order valence-electron chi connectivity index (χ1n) is 7.74. The third-order valence-electron chi connectivity index (χ3n) is 3.50. The number of piperazine rings is 1. The van der Waals surface area contributed by atoms with Crippen LogP contribution in [0.3, 0.4) is 0 Å². The Morgan fingerprint density at radius 3 is 2.76 bits per heavy atom. The molecular formula is C16H26BrN3O. The van der Waals surface area contributed by atoms with Crippen LogP contribution in [0.15, 0.2) is 22.7 Å². The monoisotopic (exact) mass is 355 g/mol. The number of hydrogen-bond donors (Lipinski definition) is 2. The van der Waals surface area contributed by atoms with E-state index in [1.165, 1.54) is 5.56 Å². The molecule has 1 fully saturated rings. The molecule has 0 bridgehead atoms. The maximum Gasteiger partial charge on any atom is 0.133 e. The molecule has 5 heteroatoms. The highest BCUT2D eigenvalue weighted by molar-refractivity contribution is 9.10. The van der Waals surface area contributed by atoms with E-state index in [2.05, 4.69) is 43.6 Å². The molecule has 1 aromatic carbocycles. The summed E-state index contributed by atoms with van der Waals surface area (Å²) in [5.74, 6) is 0.912. The zero-order valence-electron chi connectivity index (χ0n) is 13.0. The zero-order chi connectivity index (χ0) is 15.1. The molecule has 21 heavy (non-hydrogen) atoms. The first kappa shape index (κ1) is 16.7. The zero-order valence-corrected chi connectivity index (χ0v) is 14.6. The van der Waals surface area contributed by atoms with Gasteiger partial charge in [0.25, 0.3) is 0 Å². The quantitative estimate of drug-likeness (QED) is 0.735. The van der Waals surface area contributed by atoms with E-state index in [-0.39, 0.29) is 6.10 Å². The Morgan fingerprint density at radius 2 is 2.10 bits per heavy atom. The molecule has 0 amide bonds. The third-order valence-corrected chi connectivity index (χ3v) is 4.12. The van der Waals surface area contributed by atoms with E-state index >= 15 is 0 Å². The van der Waals surface area contributed by atoms with Crippen molar-refractivity contribution in [2.45, 2.75) is 26.5 Å². The molecule has 0 saturated carbocycles. The van der Waals surface area contributed by atoms with E-state index in [0.717, 1.165) is 56.0 Å². The fraction of sp³-hybridized carbons (Fsp3) is 0.625. The van der Waals surface area contributed by atoms with Crippen LogP contribution in [0.2, 0.25) is 0 Å². The standard InChI is InChI=1S/C16H26BrN3O/c1-13(2)21-16-4-3-14(11-15(16)17)12-19-7-10-20-8-5-18-6-9-20/h3-4,11,13,18-19H,5-10,12H2,1-2H3. The fourth-order valence-corrected chi connectivity index (χ4v) is 2.93. The van der Waals surface area contributed by atoms with Gasteiger partial charge in [-0.3, -0.25) is 4.90 Å². The van der Waals surface area contributed by atoms with Gasteiger partial charge >= 0.3 is 0 Å². The van der Waals surface area contributed by atoms with Gasteiger partial charge in [0.1, 0.15) is 5.75 Å². The van der Waals surface area contributed by atoms with Crippen molar-refractivity contribution in [1.29, 1.82) is 0 Å². The highest BCUT2D eigenvalue weighted by Gasteiger charge is 2.08. The van der Waals surface area contributed by atoms with Crippen LogP contribution in [0.25, 0.3) is 0 Å². The SMILES string of the molecule is CC(C)Oc1ccc(CNCCN2CCNCC2)cc1Br.